The van der Waals surface area contributed by atoms with Crippen LogP contribution < -0.4 is 21.3 Å². The van der Waals surface area contributed by atoms with Crippen LogP contribution in [0, 0.1) is 49.1 Å². The van der Waals surface area contributed by atoms with E-state index in [0.29, 0.717) is 90.9 Å². The number of nitrogens with zero attached hydrogens (tertiary/aromatic N) is 2. The van der Waals surface area contributed by atoms with Crippen molar-refractivity contribution in [3.05, 3.63) is 179 Å². The van der Waals surface area contributed by atoms with E-state index in [1.54, 1.807) is 151 Å². The summed E-state index contributed by atoms with van der Waals surface area (Å²) in [6, 6.07) is 34.2. The number of benzene rings is 5. The average molecular weight is 2150 g/mol. The molecule has 0 saturated carbocycles. The van der Waals surface area contributed by atoms with Crippen molar-refractivity contribution in [2.75, 3.05) is 61.2 Å². The molecule has 0 spiro atoms. The summed E-state index contributed by atoms with van der Waals surface area (Å²) < 4.78 is 1.96. The summed E-state index contributed by atoms with van der Waals surface area (Å²) in [7, 11) is 14.2. The molecular formula is C79H106I2N6O17S15. The van der Waals surface area contributed by atoms with E-state index in [9.17, 15) is 43.2 Å². The Morgan fingerprint density at radius 2 is 0.765 bits per heavy atom. The van der Waals surface area contributed by atoms with Gasteiger partial charge in [0.05, 0.1) is 32.0 Å². The van der Waals surface area contributed by atoms with Crippen LogP contribution in [0.15, 0.2) is 127 Å². The first kappa shape index (κ1) is 127. The van der Waals surface area contributed by atoms with Crippen molar-refractivity contribution in [1.29, 1.82) is 0 Å². The SMILES string of the molecule is C#CCCCC(=O)O.CC(C)CO.CC(CO)NC(=O)c1cccc(/C=C\CCCC(=O)N(C)C)c1.CC(CO)NC(=O)c1cccc(C#CCCCC(=O)N(C)C)c1.CC(CO)NC(=O)c1cccc(C#CCCCC(=O)O)c1.CC(CO)NC(=O)c1cccc(I)c1.O=C(O)c1cccc(I)c1.S.S=S.S=S=S.S=S=S=S.S=S=S=S=S. The molecule has 119 heavy (non-hydrogen) atoms. The van der Waals surface area contributed by atoms with Crippen LogP contribution in [-0.4, -0.2) is 189 Å². The molecule has 658 valence electrons. The molecule has 5 rings (SSSR count). The van der Waals surface area contributed by atoms with Gasteiger partial charge in [-0.05, 0) is 201 Å². The highest BCUT2D eigenvalue weighted by Gasteiger charge is 2.13. The Bertz CT molecular complexity index is 4260. The fourth-order valence-electron chi connectivity index (χ4n) is 7.30. The number of terminal acetylenes is 1. The first-order valence-electron chi connectivity index (χ1n) is 35.2. The predicted octanol–water partition coefficient (Wildman–Crippen LogP) is 9.86. The highest BCUT2D eigenvalue weighted by molar-refractivity contribution is 14.1. The Kier molecular flexibility index (Phi) is 92.9. The number of carboxylic acid groups (broad SMARTS) is 3. The third-order valence-corrected chi connectivity index (χ3v) is 21.3. The summed E-state index contributed by atoms with van der Waals surface area (Å²) in [6.45, 7) is 10.8. The standard InChI is InChI=1S/C18H26N2O3.C18H24N2O3.C16H19NO4.C10H12INO2.C7H5IO2.C6H8O2.C4H10O.S5.S4.S3.S2.H2S/c2*1-14(13-21)19-18(23)16-10-7-9-15(12-16)8-5-4-6-11-17(22)20(2)3;1-12(11-18)17-16(21)14-8-5-7-13(10-14)6-3-2-4-9-15(19)20;1-7(6-13)12-10(14)8-3-2-4-9(11)5-8;8-6-3-1-2-5(4-6)7(9)10;1-2-3-4-5-6(7)8;1-4(2)3-5;1-3-5-4-2;1-3-4-2;1-3-2;1-2;/h5,7-10,12,14,21H,4,6,11,13H2,1-3H3,(H,19,23);7,9-10,12,14,21H,4,6,11,13H2,1-3H3,(H,19,23);5,7-8,10,12,18H,2,4,9,11H2,1H3,(H,17,21)(H,19,20);2-5,7,13H,6H2,1H3,(H,12,14);1-4H,(H,9,10);1H,3-5H2,(H,7,8);4-5H,3H2,1-2H3;;;;;1H2/b8-5-;;;;;;;;;;;. The molecule has 0 aliphatic heterocycles. The lowest BCUT2D eigenvalue weighted by atomic mass is 10.1. The molecule has 12 N–H and O–H groups in total. The highest BCUT2D eigenvalue weighted by Crippen LogP contribution is 2.13. The Labute approximate surface area is 792 Å². The number of hydrogen-bond donors (Lipinski definition) is 12. The molecule has 0 fully saturated rings. The minimum absolute atomic E-state index is 0. The van der Waals surface area contributed by atoms with Gasteiger partial charge in [0.2, 0.25) is 11.8 Å². The number of carbonyl (C=O) groups excluding carboxylic acids is 6. The number of nitrogens with one attached hydrogen (secondary N) is 4. The highest BCUT2D eigenvalue weighted by atomic mass is 127. The molecule has 5 aromatic rings. The summed E-state index contributed by atoms with van der Waals surface area (Å²) in [5.41, 5.74) is 4.92. The van der Waals surface area contributed by atoms with Gasteiger partial charge in [-0.1, -0.05) is 86.1 Å². The molecule has 0 radical (unpaired) electrons. The predicted molar refractivity (Wildman–Crippen MR) is 536 cm³/mol. The van der Waals surface area contributed by atoms with Crippen LogP contribution >= 0.6 is 58.7 Å². The maximum Gasteiger partial charge on any atom is 0.335 e. The van der Waals surface area contributed by atoms with Crippen molar-refractivity contribution < 1.29 is 84.0 Å². The summed E-state index contributed by atoms with van der Waals surface area (Å²) in [6.07, 6.45) is 15.3. The fraction of sp³-hybridized carbons (Fsp3) is 0.405. The maximum atomic E-state index is 12.0. The largest absolute Gasteiger partial charge is 0.481 e. The van der Waals surface area contributed by atoms with Gasteiger partial charge in [-0.15, -0.1) is 12.3 Å². The smallest absolute Gasteiger partial charge is 0.335 e. The number of aliphatic carboxylic acids is 2. The monoisotopic (exact) mass is 2140 g/mol. The van der Waals surface area contributed by atoms with E-state index in [1.165, 1.54) is 44.4 Å². The van der Waals surface area contributed by atoms with Gasteiger partial charge in [0.25, 0.3) is 23.6 Å². The van der Waals surface area contributed by atoms with Gasteiger partial charge in [0.1, 0.15) is 0 Å². The molecule has 23 nitrogen and oxygen atoms in total. The number of aliphatic hydroxyl groups excluding tert-OH is 5. The number of aliphatic hydroxyl groups is 5. The number of allylic oxidation sites excluding steroid dienone is 1. The summed E-state index contributed by atoms with van der Waals surface area (Å²) in [5, 5.41) is 79.6. The van der Waals surface area contributed by atoms with Crippen LogP contribution in [0.5, 0.6) is 0 Å². The molecule has 6 amide bonds. The van der Waals surface area contributed by atoms with Crippen molar-refractivity contribution in [3.63, 3.8) is 0 Å². The molecule has 0 aromatic heterocycles. The average Bonchev–Trinajstić information content (AvgIpc) is 0.869. The zero-order chi connectivity index (χ0) is 91.2. The number of carboxylic acids is 3. The number of unbranched alkanes of at least 4 members (excludes halogenated alkanes) is 4. The zero-order valence-electron chi connectivity index (χ0n) is 67.3. The van der Waals surface area contributed by atoms with Crippen molar-refractivity contribution >= 4 is 261 Å². The Hall–Kier alpha value is -5.56. The van der Waals surface area contributed by atoms with E-state index in [-0.39, 0.29) is 112 Å². The summed E-state index contributed by atoms with van der Waals surface area (Å²) in [5.74, 6) is 11.5. The van der Waals surface area contributed by atoms with Crippen LogP contribution in [0.25, 0.3) is 6.08 Å². The second kappa shape index (κ2) is 87.3. The third-order valence-electron chi connectivity index (χ3n) is 13.2. The molecule has 4 unspecified atom stereocenters. The van der Waals surface area contributed by atoms with E-state index < -0.39 is 17.9 Å². The quantitative estimate of drug-likeness (QED) is 0.0126. The number of halogens is 2. The Morgan fingerprint density at radius 1 is 0.454 bits per heavy atom. The number of aromatic carboxylic acids is 1. The van der Waals surface area contributed by atoms with Crippen LogP contribution in [0.4, 0.5) is 0 Å². The Morgan fingerprint density at radius 3 is 1.06 bits per heavy atom. The van der Waals surface area contributed by atoms with E-state index in [4.69, 9.17) is 47.3 Å². The van der Waals surface area contributed by atoms with Gasteiger partial charge >= 0.3 is 17.9 Å². The van der Waals surface area contributed by atoms with Gasteiger partial charge in [-0.2, -0.15) is 13.5 Å². The fourth-order valence-corrected chi connectivity index (χ4v) is 11.1. The molecule has 4 atom stereocenters. The van der Waals surface area contributed by atoms with E-state index in [2.05, 4.69) is 186 Å². The van der Waals surface area contributed by atoms with Crippen LogP contribution in [-0.2, 0) is 162 Å². The van der Waals surface area contributed by atoms with Crippen molar-refractivity contribution in [3.8, 4) is 36.0 Å². The lowest BCUT2D eigenvalue weighted by Gasteiger charge is -2.10. The van der Waals surface area contributed by atoms with Gasteiger partial charge in [-0.25, -0.2) is 4.79 Å². The number of hydrogen-bond acceptors (Lipinski definition) is 22. The summed E-state index contributed by atoms with van der Waals surface area (Å²) in [4.78, 5) is 104. The van der Waals surface area contributed by atoms with Crippen molar-refractivity contribution in [2.24, 2.45) is 5.92 Å². The molecule has 40 heteroatoms. The van der Waals surface area contributed by atoms with E-state index >= 15 is 0 Å². The number of rotatable bonds is 28. The van der Waals surface area contributed by atoms with Gasteiger partial charge in [-0.3, -0.25) is 38.4 Å². The van der Waals surface area contributed by atoms with Crippen LogP contribution in [0.2, 0.25) is 0 Å². The second-order valence-electron chi connectivity index (χ2n) is 24.4. The lowest BCUT2D eigenvalue weighted by Crippen LogP contribution is -2.34. The van der Waals surface area contributed by atoms with Crippen LogP contribution in [0.3, 0.4) is 0 Å². The van der Waals surface area contributed by atoms with Crippen LogP contribution in [0.1, 0.15) is 187 Å². The van der Waals surface area contributed by atoms with E-state index in [0.717, 1.165) is 46.4 Å². The number of carbonyl (C=O) groups is 9. The Balaban J connectivity index is -0.000000247. The third kappa shape index (κ3) is 80.6. The molecule has 5 aromatic carbocycles. The lowest BCUT2D eigenvalue weighted by molar-refractivity contribution is -0.138. The minimum atomic E-state index is -0.876. The molecule has 0 aliphatic carbocycles. The van der Waals surface area contributed by atoms with Gasteiger partial charge in [0, 0.05) is 287 Å². The molecular weight excluding hydrogens is 2040 g/mol. The molecule has 0 bridgehead atoms. The minimum Gasteiger partial charge on any atom is -0.481 e. The van der Waals surface area contributed by atoms with E-state index in [1.807, 2.05) is 62.4 Å². The van der Waals surface area contributed by atoms with Crippen molar-refractivity contribution in [2.45, 2.75) is 143 Å². The zero-order valence-corrected chi connectivity index (χ0v) is 84.1. The molecule has 0 aliphatic rings. The first-order valence-corrected chi connectivity index (χ1v) is 50.7. The summed E-state index contributed by atoms with van der Waals surface area (Å²) >= 11 is 37.4. The maximum absolute atomic E-state index is 12.0. The normalized spacial score (nSPS) is 10.2. The van der Waals surface area contributed by atoms with Gasteiger partial charge < -0.3 is 71.9 Å². The van der Waals surface area contributed by atoms with Crippen molar-refractivity contribution in [1.82, 2.24) is 31.1 Å². The first-order chi connectivity index (χ1) is 56.0. The number of amides is 6. The molecule has 0 saturated heterocycles. The van der Waals surface area contributed by atoms with Gasteiger partial charge in [0.15, 0.2) is 0 Å². The topological polar surface area (TPSA) is 370 Å². The second-order valence-corrected chi connectivity index (χ2v) is 37.5. The molecule has 0 heterocycles.